The minimum Gasteiger partial charge on any atom is -0.464 e. The van der Waals surface area contributed by atoms with Crippen molar-refractivity contribution in [1.82, 2.24) is 15.0 Å². The lowest BCUT2D eigenvalue weighted by Crippen LogP contribution is -2.22. The SMILES string of the molecule is CC(=O)c1nnn(C(C)C(=O)OCCC(C)C)c1C. The number of aromatic nitrogens is 3. The fourth-order valence-electron chi connectivity index (χ4n) is 1.65. The van der Waals surface area contributed by atoms with E-state index in [0.717, 1.165) is 6.42 Å². The molecule has 0 fully saturated rings. The van der Waals surface area contributed by atoms with E-state index in [1.165, 1.54) is 11.6 Å². The van der Waals surface area contributed by atoms with Gasteiger partial charge in [-0.2, -0.15) is 0 Å². The van der Waals surface area contributed by atoms with Gasteiger partial charge in [-0.25, -0.2) is 9.48 Å². The van der Waals surface area contributed by atoms with Crippen LogP contribution in [-0.2, 0) is 9.53 Å². The summed E-state index contributed by atoms with van der Waals surface area (Å²) in [6, 6.07) is -0.576. The van der Waals surface area contributed by atoms with Gasteiger partial charge in [-0.1, -0.05) is 19.1 Å². The van der Waals surface area contributed by atoms with Gasteiger partial charge in [0.25, 0.3) is 0 Å². The summed E-state index contributed by atoms with van der Waals surface area (Å²) >= 11 is 0. The summed E-state index contributed by atoms with van der Waals surface area (Å²) in [4.78, 5) is 23.1. The van der Waals surface area contributed by atoms with Crippen molar-refractivity contribution in [1.29, 1.82) is 0 Å². The van der Waals surface area contributed by atoms with Crippen LogP contribution in [0.1, 0.15) is 56.3 Å². The van der Waals surface area contributed by atoms with Gasteiger partial charge in [-0.15, -0.1) is 5.10 Å². The largest absolute Gasteiger partial charge is 0.464 e. The molecule has 0 N–H and O–H groups in total. The molecule has 0 saturated carbocycles. The van der Waals surface area contributed by atoms with E-state index in [1.807, 2.05) is 0 Å². The summed E-state index contributed by atoms with van der Waals surface area (Å²) in [7, 11) is 0. The van der Waals surface area contributed by atoms with Crippen molar-refractivity contribution in [2.75, 3.05) is 6.61 Å². The Morgan fingerprint density at radius 2 is 1.95 bits per heavy atom. The van der Waals surface area contributed by atoms with E-state index < -0.39 is 6.04 Å². The number of ether oxygens (including phenoxy) is 1. The smallest absolute Gasteiger partial charge is 0.330 e. The highest BCUT2D eigenvalue weighted by Crippen LogP contribution is 2.13. The van der Waals surface area contributed by atoms with Gasteiger partial charge in [0.15, 0.2) is 11.5 Å². The normalized spacial score (nSPS) is 12.5. The second-order valence-corrected chi connectivity index (χ2v) is 5.05. The summed E-state index contributed by atoms with van der Waals surface area (Å²) in [5, 5.41) is 7.63. The lowest BCUT2D eigenvalue weighted by molar-refractivity contribution is -0.147. The number of ketones is 1. The van der Waals surface area contributed by atoms with Crippen LogP contribution in [-0.4, -0.2) is 33.4 Å². The van der Waals surface area contributed by atoms with Crippen LogP contribution in [0.3, 0.4) is 0 Å². The summed E-state index contributed by atoms with van der Waals surface area (Å²) in [5.74, 6) is -0.0339. The van der Waals surface area contributed by atoms with Gasteiger partial charge < -0.3 is 4.74 Å². The summed E-state index contributed by atoms with van der Waals surface area (Å²) < 4.78 is 6.61. The molecular formula is C13H21N3O3. The van der Waals surface area contributed by atoms with Crippen LogP contribution >= 0.6 is 0 Å². The van der Waals surface area contributed by atoms with Crippen LogP contribution < -0.4 is 0 Å². The molecule has 1 atom stereocenters. The predicted molar refractivity (Wildman–Crippen MR) is 69.9 cm³/mol. The maximum Gasteiger partial charge on any atom is 0.330 e. The van der Waals surface area contributed by atoms with Gasteiger partial charge in [0.1, 0.15) is 6.04 Å². The van der Waals surface area contributed by atoms with E-state index in [4.69, 9.17) is 4.74 Å². The minimum atomic E-state index is -0.576. The number of hydrogen-bond acceptors (Lipinski definition) is 5. The van der Waals surface area contributed by atoms with Gasteiger partial charge in [0, 0.05) is 6.92 Å². The monoisotopic (exact) mass is 267 g/mol. The first-order chi connectivity index (χ1) is 8.84. The molecule has 19 heavy (non-hydrogen) atoms. The van der Waals surface area contributed by atoms with E-state index >= 15 is 0 Å². The second kappa shape index (κ2) is 6.45. The van der Waals surface area contributed by atoms with Crippen molar-refractivity contribution < 1.29 is 14.3 Å². The summed E-state index contributed by atoms with van der Waals surface area (Å²) in [6.07, 6.45) is 0.827. The second-order valence-electron chi connectivity index (χ2n) is 5.05. The predicted octanol–water partition coefficient (Wildman–Crippen LogP) is 1.94. The molecule has 0 bridgehead atoms. The zero-order valence-electron chi connectivity index (χ0n) is 12.1. The molecule has 0 saturated heterocycles. The Morgan fingerprint density at radius 3 is 2.42 bits per heavy atom. The van der Waals surface area contributed by atoms with Crippen molar-refractivity contribution in [3.63, 3.8) is 0 Å². The maximum atomic E-state index is 11.9. The Bertz CT molecular complexity index is 466. The highest BCUT2D eigenvalue weighted by Gasteiger charge is 2.22. The third kappa shape index (κ3) is 3.87. The lowest BCUT2D eigenvalue weighted by Gasteiger charge is -2.13. The zero-order chi connectivity index (χ0) is 14.6. The summed E-state index contributed by atoms with van der Waals surface area (Å²) in [6.45, 7) is 9.36. The molecule has 106 valence electrons. The van der Waals surface area contributed by atoms with E-state index in [2.05, 4.69) is 24.2 Å². The molecule has 1 aromatic rings. The zero-order valence-corrected chi connectivity index (χ0v) is 12.1. The van der Waals surface area contributed by atoms with Gasteiger partial charge in [0.2, 0.25) is 0 Å². The molecule has 0 aliphatic carbocycles. The number of carbonyl (C=O) groups is 2. The Labute approximate surface area is 113 Å². The topological polar surface area (TPSA) is 74.1 Å². The lowest BCUT2D eigenvalue weighted by atomic mass is 10.1. The molecule has 1 unspecified atom stereocenters. The van der Waals surface area contributed by atoms with E-state index in [1.54, 1.807) is 13.8 Å². The van der Waals surface area contributed by atoms with E-state index in [0.29, 0.717) is 23.9 Å². The molecule has 1 aromatic heterocycles. The molecule has 6 heteroatoms. The van der Waals surface area contributed by atoms with Gasteiger partial charge in [0.05, 0.1) is 12.3 Å². The van der Waals surface area contributed by atoms with E-state index in [-0.39, 0.29) is 11.8 Å². The molecule has 0 aromatic carbocycles. The number of esters is 1. The molecule has 0 aliphatic rings. The molecule has 0 amide bonds. The third-order valence-corrected chi connectivity index (χ3v) is 2.91. The Balaban J connectivity index is 2.69. The fourth-order valence-corrected chi connectivity index (χ4v) is 1.65. The van der Waals surface area contributed by atoms with Crippen LogP contribution in [0.25, 0.3) is 0 Å². The van der Waals surface area contributed by atoms with Crippen molar-refractivity contribution in [3.05, 3.63) is 11.4 Å². The van der Waals surface area contributed by atoms with Gasteiger partial charge in [-0.05, 0) is 26.2 Å². The number of Topliss-reactive ketones (excluding diaryl/α,β-unsaturated/α-hetero) is 1. The molecule has 0 radical (unpaired) electrons. The first-order valence-corrected chi connectivity index (χ1v) is 6.44. The molecule has 6 nitrogen and oxygen atoms in total. The molecule has 1 rings (SSSR count). The van der Waals surface area contributed by atoms with Gasteiger partial charge in [-0.3, -0.25) is 4.79 Å². The molecular weight excluding hydrogens is 246 g/mol. The molecule has 0 aliphatic heterocycles. The quantitative estimate of drug-likeness (QED) is 0.581. The van der Waals surface area contributed by atoms with E-state index in [9.17, 15) is 9.59 Å². The minimum absolute atomic E-state index is 0.163. The van der Waals surface area contributed by atoms with Crippen molar-refractivity contribution in [2.45, 2.75) is 47.1 Å². The molecule has 0 spiro atoms. The van der Waals surface area contributed by atoms with Crippen LogP contribution in [0.5, 0.6) is 0 Å². The first-order valence-electron chi connectivity index (χ1n) is 6.44. The summed E-state index contributed by atoms with van der Waals surface area (Å²) in [5.41, 5.74) is 0.877. The number of hydrogen-bond donors (Lipinski definition) is 0. The fraction of sp³-hybridized carbons (Fsp3) is 0.692. The molecule has 1 heterocycles. The van der Waals surface area contributed by atoms with Gasteiger partial charge >= 0.3 is 5.97 Å². The first kappa shape index (κ1) is 15.3. The Hall–Kier alpha value is -1.72. The third-order valence-electron chi connectivity index (χ3n) is 2.91. The highest BCUT2D eigenvalue weighted by molar-refractivity contribution is 5.93. The number of carbonyl (C=O) groups excluding carboxylic acids is 2. The highest BCUT2D eigenvalue weighted by atomic mass is 16.5. The Morgan fingerprint density at radius 1 is 1.32 bits per heavy atom. The average molecular weight is 267 g/mol. The van der Waals surface area contributed by atoms with Crippen LogP contribution in [0, 0.1) is 12.8 Å². The van der Waals surface area contributed by atoms with Crippen LogP contribution in [0.15, 0.2) is 0 Å². The van der Waals surface area contributed by atoms with Crippen molar-refractivity contribution >= 4 is 11.8 Å². The van der Waals surface area contributed by atoms with Crippen molar-refractivity contribution in [2.24, 2.45) is 5.92 Å². The standard InChI is InChI=1S/C13H21N3O3/c1-8(2)6-7-19-13(18)10(4)16-9(3)12(11(5)17)14-15-16/h8,10H,6-7H2,1-5H3. The van der Waals surface area contributed by atoms with Crippen LogP contribution in [0.4, 0.5) is 0 Å². The number of nitrogens with zero attached hydrogens (tertiary/aromatic N) is 3. The van der Waals surface area contributed by atoms with Crippen molar-refractivity contribution in [3.8, 4) is 0 Å². The maximum absolute atomic E-state index is 11.9. The average Bonchev–Trinajstić information content (AvgIpc) is 2.69. The van der Waals surface area contributed by atoms with Crippen LogP contribution in [0.2, 0.25) is 0 Å². The Kier molecular flexibility index (Phi) is 5.20. The number of rotatable bonds is 6.